The van der Waals surface area contributed by atoms with Crippen molar-refractivity contribution in [3.05, 3.63) is 52.8 Å². The van der Waals surface area contributed by atoms with Crippen LogP contribution >= 0.6 is 0 Å². The number of nitrogens with one attached hydrogen (secondary N) is 1. The molecular weight excluding hydrogens is 258 g/mol. The first kappa shape index (κ1) is 15.8. The van der Waals surface area contributed by atoms with Crippen molar-refractivity contribution in [2.45, 2.75) is 46.1 Å². The highest BCUT2D eigenvalue weighted by Crippen LogP contribution is 2.16. The van der Waals surface area contributed by atoms with Crippen LogP contribution in [0.1, 0.15) is 35.9 Å². The summed E-state index contributed by atoms with van der Waals surface area (Å²) in [7, 11) is 2.03. The standard InChI is InChI=1S/C18H27N3/c1-5-19-17(12-11-16-9-7-6-8-10-16)13-18-14(2)20-21(4)15(18)3/h6-10,17,19H,5,11-13H2,1-4H3. The van der Waals surface area contributed by atoms with E-state index in [1.54, 1.807) is 0 Å². The van der Waals surface area contributed by atoms with Crippen molar-refractivity contribution in [2.75, 3.05) is 6.54 Å². The van der Waals surface area contributed by atoms with Crippen LogP contribution in [0.15, 0.2) is 30.3 Å². The Morgan fingerprint density at radius 1 is 1.19 bits per heavy atom. The SMILES string of the molecule is CCNC(CCc1ccccc1)Cc1c(C)nn(C)c1C. The van der Waals surface area contributed by atoms with E-state index in [4.69, 9.17) is 0 Å². The summed E-state index contributed by atoms with van der Waals surface area (Å²) in [5.41, 5.74) is 5.27. The van der Waals surface area contributed by atoms with E-state index in [0.717, 1.165) is 31.5 Å². The van der Waals surface area contributed by atoms with Gasteiger partial charge in [-0.2, -0.15) is 5.10 Å². The van der Waals surface area contributed by atoms with Crippen molar-refractivity contribution < 1.29 is 0 Å². The number of aryl methyl sites for hydroxylation is 3. The summed E-state index contributed by atoms with van der Waals surface area (Å²) >= 11 is 0. The molecule has 1 heterocycles. The fourth-order valence-corrected chi connectivity index (χ4v) is 2.91. The molecule has 0 amide bonds. The minimum atomic E-state index is 0.511. The third-order valence-corrected chi connectivity index (χ3v) is 4.23. The van der Waals surface area contributed by atoms with Crippen LogP contribution in [0.5, 0.6) is 0 Å². The summed E-state index contributed by atoms with van der Waals surface area (Å²) in [6.07, 6.45) is 3.34. The highest BCUT2D eigenvalue weighted by Gasteiger charge is 2.15. The number of aromatic nitrogens is 2. The topological polar surface area (TPSA) is 29.9 Å². The molecule has 0 fully saturated rings. The van der Waals surface area contributed by atoms with Crippen LogP contribution in [0, 0.1) is 13.8 Å². The lowest BCUT2D eigenvalue weighted by atomic mass is 9.98. The Morgan fingerprint density at radius 2 is 1.90 bits per heavy atom. The molecule has 1 aromatic heterocycles. The monoisotopic (exact) mass is 285 g/mol. The van der Waals surface area contributed by atoms with Crippen LogP contribution in [-0.2, 0) is 19.9 Å². The predicted octanol–water partition coefficient (Wildman–Crippen LogP) is 3.19. The largest absolute Gasteiger partial charge is 0.314 e. The van der Waals surface area contributed by atoms with E-state index < -0.39 is 0 Å². The molecule has 0 saturated carbocycles. The molecule has 0 aliphatic rings. The molecule has 0 saturated heterocycles. The first-order valence-electron chi connectivity index (χ1n) is 7.88. The zero-order chi connectivity index (χ0) is 15.2. The number of rotatable bonds is 7. The molecule has 1 unspecified atom stereocenters. The Morgan fingerprint density at radius 3 is 2.48 bits per heavy atom. The molecule has 2 rings (SSSR count). The predicted molar refractivity (Wildman–Crippen MR) is 88.6 cm³/mol. The summed E-state index contributed by atoms with van der Waals surface area (Å²) in [6.45, 7) is 7.47. The van der Waals surface area contributed by atoms with Gasteiger partial charge in [0.05, 0.1) is 5.69 Å². The Labute approximate surface area is 128 Å². The maximum atomic E-state index is 4.53. The van der Waals surface area contributed by atoms with Gasteiger partial charge in [-0.25, -0.2) is 0 Å². The van der Waals surface area contributed by atoms with Crippen LogP contribution in [0.4, 0.5) is 0 Å². The third kappa shape index (κ3) is 4.18. The zero-order valence-electron chi connectivity index (χ0n) is 13.7. The van der Waals surface area contributed by atoms with Gasteiger partial charge in [-0.3, -0.25) is 4.68 Å². The molecule has 3 heteroatoms. The van der Waals surface area contributed by atoms with Gasteiger partial charge in [0.25, 0.3) is 0 Å². The van der Waals surface area contributed by atoms with E-state index >= 15 is 0 Å². The van der Waals surface area contributed by atoms with Crippen molar-refractivity contribution in [3.63, 3.8) is 0 Å². The lowest BCUT2D eigenvalue weighted by Crippen LogP contribution is -2.31. The zero-order valence-corrected chi connectivity index (χ0v) is 13.7. The highest BCUT2D eigenvalue weighted by molar-refractivity contribution is 5.25. The molecule has 0 bridgehead atoms. The lowest BCUT2D eigenvalue weighted by molar-refractivity contribution is 0.489. The molecule has 3 nitrogen and oxygen atoms in total. The summed E-state index contributed by atoms with van der Waals surface area (Å²) in [4.78, 5) is 0. The van der Waals surface area contributed by atoms with E-state index in [9.17, 15) is 0 Å². The molecule has 1 N–H and O–H groups in total. The number of nitrogens with zero attached hydrogens (tertiary/aromatic N) is 2. The van der Waals surface area contributed by atoms with Gasteiger partial charge < -0.3 is 5.32 Å². The molecule has 0 aliphatic heterocycles. The lowest BCUT2D eigenvalue weighted by Gasteiger charge is -2.18. The fraction of sp³-hybridized carbons (Fsp3) is 0.500. The van der Waals surface area contributed by atoms with E-state index in [0.29, 0.717) is 6.04 Å². The van der Waals surface area contributed by atoms with Crippen LogP contribution < -0.4 is 5.32 Å². The van der Waals surface area contributed by atoms with Gasteiger partial charge in [0.2, 0.25) is 0 Å². The molecule has 114 valence electrons. The summed E-state index contributed by atoms with van der Waals surface area (Å²) in [6, 6.07) is 11.2. The normalized spacial score (nSPS) is 12.6. The molecule has 0 spiro atoms. The molecular formula is C18H27N3. The third-order valence-electron chi connectivity index (χ3n) is 4.23. The number of hydrogen-bond acceptors (Lipinski definition) is 2. The van der Waals surface area contributed by atoms with Gasteiger partial charge in [-0.15, -0.1) is 0 Å². The molecule has 0 aliphatic carbocycles. The van der Waals surface area contributed by atoms with Crippen molar-refractivity contribution in [1.29, 1.82) is 0 Å². The quantitative estimate of drug-likeness (QED) is 0.846. The molecule has 21 heavy (non-hydrogen) atoms. The Kier molecular flexibility index (Phi) is 5.57. The second-order valence-corrected chi connectivity index (χ2v) is 5.76. The minimum absolute atomic E-state index is 0.511. The number of benzene rings is 1. The summed E-state index contributed by atoms with van der Waals surface area (Å²) in [5, 5.41) is 8.16. The second kappa shape index (κ2) is 7.41. The molecule has 1 aromatic carbocycles. The fourth-order valence-electron chi connectivity index (χ4n) is 2.91. The van der Waals surface area contributed by atoms with Crippen molar-refractivity contribution in [3.8, 4) is 0 Å². The van der Waals surface area contributed by atoms with E-state index in [1.807, 2.05) is 11.7 Å². The van der Waals surface area contributed by atoms with Gasteiger partial charge in [0, 0.05) is 18.8 Å². The van der Waals surface area contributed by atoms with E-state index in [-0.39, 0.29) is 0 Å². The van der Waals surface area contributed by atoms with Gasteiger partial charge >= 0.3 is 0 Å². The maximum absolute atomic E-state index is 4.53. The smallest absolute Gasteiger partial charge is 0.0628 e. The number of likely N-dealkylation sites (N-methyl/N-ethyl adjacent to an activating group) is 1. The molecule has 2 aromatic rings. The number of hydrogen-bond donors (Lipinski definition) is 1. The first-order valence-corrected chi connectivity index (χ1v) is 7.88. The van der Waals surface area contributed by atoms with Gasteiger partial charge in [-0.05, 0) is 50.8 Å². The Balaban J connectivity index is 2.02. The second-order valence-electron chi connectivity index (χ2n) is 5.76. The van der Waals surface area contributed by atoms with Gasteiger partial charge in [0.1, 0.15) is 0 Å². The van der Waals surface area contributed by atoms with E-state index in [2.05, 4.69) is 61.5 Å². The average Bonchev–Trinajstić information content (AvgIpc) is 2.72. The van der Waals surface area contributed by atoms with Crippen LogP contribution in [-0.4, -0.2) is 22.4 Å². The molecule has 0 radical (unpaired) electrons. The first-order chi connectivity index (χ1) is 10.1. The summed E-state index contributed by atoms with van der Waals surface area (Å²) in [5.74, 6) is 0. The summed E-state index contributed by atoms with van der Waals surface area (Å²) < 4.78 is 1.99. The maximum Gasteiger partial charge on any atom is 0.0628 e. The molecule has 1 atom stereocenters. The minimum Gasteiger partial charge on any atom is -0.314 e. The van der Waals surface area contributed by atoms with Crippen LogP contribution in [0.25, 0.3) is 0 Å². The Hall–Kier alpha value is -1.61. The average molecular weight is 285 g/mol. The van der Waals surface area contributed by atoms with Crippen LogP contribution in [0.2, 0.25) is 0 Å². The Bertz CT molecular complexity index is 557. The van der Waals surface area contributed by atoms with Crippen molar-refractivity contribution in [2.24, 2.45) is 7.05 Å². The van der Waals surface area contributed by atoms with Crippen LogP contribution in [0.3, 0.4) is 0 Å². The van der Waals surface area contributed by atoms with E-state index in [1.165, 1.54) is 16.8 Å². The van der Waals surface area contributed by atoms with Gasteiger partial charge in [0.15, 0.2) is 0 Å². The van der Waals surface area contributed by atoms with Gasteiger partial charge in [-0.1, -0.05) is 37.3 Å². The highest BCUT2D eigenvalue weighted by atomic mass is 15.3. The van der Waals surface area contributed by atoms with Crippen molar-refractivity contribution in [1.82, 2.24) is 15.1 Å². The van der Waals surface area contributed by atoms with Crippen molar-refractivity contribution >= 4 is 0 Å².